The Labute approximate surface area is 66.9 Å². The molecular formula is C3HClF6O2. The van der Waals surface area contributed by atoms with E-state index in [9.17, 15) is 26.3 Å². The molecule has 9 heteroatoms. The molecule has 0 heterocycles. The summed E-state index contributed by atoms with van der Waals surface area (Å²) in [6.45, 7) is 0. The lowest BCUT2D eigenvalue weighted by atomic mass is 10.7. The van der Waals surface area contributed by atoms with E-state index in [1.54, 1.807) is 0 Å². The minimum atomic E-state index is -5.44. The molecule has 0 saturated carbocycles. The number of hydrogen-bond donors (Lipinski definition) is 0. The van der Waals surface area contributed by atoms with E-state index in [4.69, 9.17) is 0 Å². The van der Waals surface area contributed by atoms with Crippen molar-refractivity contribution in [3.05, 3.63) is 0 Å². The van der Waals surface area contributed by atoms with E-state index in [0.717, 1.165) is 0 Å². The van der Waals surface area contributed by atoms with Crippen LogP contribution in [0.2, 0.25) is 0 Å². The summed E-state index contributed by atoms with van der Waals surface area (Å²) in [6, 6.07) is 0. The molecule has 0 radical (unpaired) electrons. The van der Waals surface area contributed by atoms with Crippen molar-refractivity contribution < 1.29 is 36.1 Å². The van der Waals surface area contributed by atoms with Gasteiger partial charge in [0.25, 0.3) is 5.63 Å². The lowest BCUT2D eigenvalue weighted by molar-refractivity contribution is -0.551. The topological polar surface area (TPSA) is 18.5 Å². The van der Waals surface area contributed by atoms with Crippen LogP contribution in [0.5, 0.6) is 0 Å². The molecule has 74 valence electrons. The summed E-state index contributed by atoms with van der Waals surface area (Å²) in [7, 11) is 0. The first-order valence-electron chi connectivity index (χ1n) is 2.24. The zero-order chi connectivity index (χ0) is 9.99. The maximum absolute atomic E-state index is 11.7. The van der Waals surface area contributed by atoms with Crippen LogP contribution in [0.1, 0.15) is 0 Å². The highest BCUT2D eigenvalue weighted by molar-refractivity contribution is 6.20. The van der Waals surface area contributed by atoms with Crippen LogP contribution in [0.25, 0.3) is 0 Å². The smallest absolute Gasteiger partial charge is 0.220 e. The van der Waals surface area contributed by atoms with E-state index >= 15 is 0 Å². The van der Waals surface area contributed by atoms with E-state index in [-0.39, 0.29) is 0 Å². The Balaban J connectivity index is 3.93. The van der Waals surface area contributed by atoms with Crippen LogP contribution < -0.4 is 0 Å². The summed E-state index contributed by atoms with van der Waals surface area (Å²) in [5, 5.41) is 0. The molecule has 2 nitrogen and oxygen atoms in total. The zero-order valence-corrected chi connectivity index (χ0v) is 5.80. The van der Waals surface area contributed by atoms with Gasteiger partial charge in [-0.25, -0.2) is 4.39 Å². The molecule has 0 spiro atoms. The minimum absolute atomic E-state index is 2.18. The zero-order valence-electron chi connectivity index (χ0n) is 5.04. The van der Waals surface area contributed by atoms with Crippen LogP contribution in [0, 0.1) is 0 Å². The minimum Gasteiger partial charge on any atom is -0.220 e. The van der Waals surface area contributed by atoms with Crippen LogP contribution in [0.15, 0.2) is 0 Å². The molecular weight excluding hydrogens is 217 g/mol. The van der Waals surface area contributed by atoms with E-state index in [1.165, 1.54) is 0 Å². The predicted octanol–water partition coefficient (Wildman–Crippen LogP) is 2.58. The fourth-order valence-electron chi connectivity index (χ4n) is 0.139. The molecule has 12 heavy (non-hydrogen) atoms. The van der Waals surface area contributed by atoms with Crippen molar-refractivity contribution >= 4 is 11.6 Å². The normalized spacial score (nSPS) is 16.2. The summed E-state index contributed by atoms with van der Waals surface area (Å²) >= 11 is 4.11. The molecule has 0 N–H and O–H groups in total. The molecule has 0 aliphatic carbocycles. The van der Waals surface area contributed by atoms with Crippen molar-refractivity contribution in [3.8, 4) is 0 Å². The third-order valence-electron chi connectivity index (χ3n) is 0.501. The summed E-state index contributed by atoms with van der Waals surface area (Å²) in [4.78, 5) is 4.57. The summed E-state index contributed by atoms with van der Waals surface area (Å²) in [6.07, 6.45) is -10.3. The van der Waals surface area contributed by atoms with Gasteiger partial charge in [-0.1, -0.05) is 11.6 Å². The summed E-state index contributed by atoms with van der Waals surface area (Å²) in [5.74, 6) is 0. The molecule has 0 rings (SSSR count). The molecule has 0 aliphatic rings. The number of hydrogen-bond acceptors (Lipinski definition) is 2. The van der Waals surface area contributed by atoms with E-state index in [0.29, 0.717) is 0 Å². The highest BCUT2D eigenvalue weighted by atomic mass is 35.5. The highest BCUT2D eigenvalue weighted by Gasteiger charge is 2.46. The molecule has 1 atom stereocenters. The fraction of sp³-hybridized carbons (Fsp3) is 1.00. The van der Waals surface area contributed by atoms with Gasteiger partial charge in [-0.05, 0) is 0 Å². The maximum Gasteiger partial charge on any atom is 0.549 e. The quantitative estimate of drug-likeness (QED) is 0.314. The van der Waals surface area contributed by atoms with Gasteiger partial charge < -0.3 is 0 Å². The first-order chi connectivity index (χ1) is 5.15. The average Bonchev–Trinajstić information content (AvgIpc) is 1.82. The Morgan fingerprint density at radius 2 is 1.42 bits per heavy atom. The fourth-order valence-corrected chi connectivity index (χ4v) is 0.176. The van der Waals surface area contributed by atoms with E-state index in [2.05, 4.69) is 21.4 Å². The number of alkyl halides is 7. The van der Waals surface area contributed by atoms with Crippen LogP contribution >= 0.6 is 11.6 Å². The van der Waals surface area contributed by atoms with Gasteiger partial charge in [0.1, 0.15) is 0 Å². The lowest BCUT2D eigenvalue weighted by Crippen LogP contribution is -2.32. The molecule has 0 amide bonds. The second-order valence-electron chi connectivity index (χ2n) is 1.47. The molecule has 0 aromatic heterocycles. The molecule has 0 aromatic carbocycles. The Kier molecular flexibility index (Phi) is 3.60. The Morgan fingerprint density at radius 3 is 1.67 bits per heavy atom. The first kappa shape index (κ1) is 11.8. The van der Waals surface area contributed by atoms with Crippen LogP contribution in [0.3, 0.4) is 0 Å². The predicted molar refractivity (Wildman–Crippen MR) is 23.9 cm³/mol. The van der Waals surface area contributed by atoms with Gasteiger partial charge in [-0.3, -0.25) is 0 Å². The molecule has 0 saturated heterocycles. The molecule has 0 aromatic rings. The van der Waals surface area contributed by atoms with Crippen molar-refractivity contribution in [1.82, 2.24) is 0 Å². The first-order valence-corrected chi connectivity index (χ1v) is 2.68. The average molecular weight is 218 g/mol. The van der Waals surface area contributed by atoms with Crippen molar-refractivity contribution in [3.63, 3.8) is 0 Å². The Bertz CT molecular complexity index is 144. The SMILES string of the molecule is FC(Cl)C(F)(F)OOC(F)(F)F. The van der Waals surface area contributed by atoms with Gasteiger partial charge in [0, 0.05) is 0 Å². The third kappa shape index (κ3) is 4.62. The van der Waals surface area contributed by atoms with Gasteiger partial charge in [-0.2, -0.15) is 8.78 Å². The van der Waals surface area contributed by atoms with Crippen molar-refractivity contribution in [1.29, 1.82) is 0 Å². The van der Waals surface area contributed by atoms with Crippen molar-refractivity contribution in [2.24, 2.45) is 0 Å². The molecule has 0 bridgehead atoms. The van der Waals surface area contributed by atoms with Crippen LogP contribution in [-0.4, -0.2) is 18.1 Å². The van der Waals surface area contributed by atoms with Crippen LogP contribution in [-0.2, 0) is 9.78 Å². The number of rotatable bonds is 3. The van der Waals surface area contributed by atoms with E-state index in [1.807, 2.05) is 0 Å². The molecule has 0 aliphatic heterocycles. The number of halogens is 7. The van der Waals surface area contributed by atoms with Gasteiger partial charge >= 0.3 is 12.5 Å². The van der Waals surface area contributed by atoms with Gasteiger partial charge in [-0.15, -0.1) is 22.9 Å². The monoisotopic (exact) mass is 218 g/mol. The van der Waals surface area contributed by atoms with E-state index < -0.39 is 18.1 Å². The standard InChI is InChI=1S/C3HClF6O2/c4-1(5)2(6,7)11-12-3(8,9)10/h1H. The van der Waals surface area contributed by atoms with Crippen molar-refractivity contribution in [2.75, 3.05) is 0 Å². The summed E-state index contributed by atoms with van der Waals surface area (Å²) < 4.78 is 68.0. The van der Waals surface area contributed by atoms with Crippen LogP contribution in [0.4, 0.5) is 26.3 Å². The lowest BCUT2D eigenvalue weighted by Gasteiger charge is -2.15. The van der Waals surface area contributed by atoms with Gasteiger partial charge in [0.15, 0.2) is 0 Å². The van der Waals surface area contributed by atoms with Gasteiger partial charge in [0.05, 0.1) is 0 Å². The third-order valence-corrected chi connectivity index (χ3v) is 0.755. The second kappa shape index (κ2) is 3.67. The Hall–Kier alpha value is -0.210. The van der Waals surface area contributed by atoms with Gasteiger partial charge in [0.2, 0.25) is 0 Å². The van der Waals surface area contributed by atoms with Crippen molar-refractivity contribution in [2.45, 2.75) is 18.1 Å². The Morgan fingerprint density at radius 1 is 1.00 bits per heavy atom. The second-order valence-corrected chi connectivity index (χ2v) is 1.86. The maximum atomic E-state index is 11.7. The largest absolute Gasteiger partial charge is 0.549 e. The highest BCUT2D eigenvalue weighted by Crippen LogP contribution is 2.29. The molecule has 1 unspecified atom stereocenters. The summed E-state index contributed by atoms with van der Waals surface area (Å²) in [5.41, 5.74) is -3.42. The molecule has 0 fully saturated rings.